The molecule has 0 radical (unpaired) electrons. The lowest BCUT2D eigenvalue weighted by Crippen LogP contribution is -2.21. The molecule has 2 rings (SSSR count). The van der Waals surface area contributed by atoms with Crippen molar-refractivity contribution in [2.24, 2.45) is 0 Å². The molecule has 0 aromatic heterocycles. The molecule has 0 heterocycles. The van der Waals surface area contributed by atoms with Gasteiger partial charge in [-0.3, -0.25) is 0 Å². The fourth-order valence-corrected chi connectivity index (χ4v) is 1.65. The van der Waals surface area contributed by atoms with E-state index in [1.54, 1.807) is 0 Å². The van der Waals surface area contributed by atoms with E-state index >= 15 is 0 Å². The number of rotatable bonds is 1. The molecule has 0 fully saturated rings. The second-order valence-corrected chi connectivity index (χ2v) is 3.19. The monoisotopic (exact) mass is 156 g/mol. The van der Waals surface area contributed by atoms with Crippen LogP contribution in [-0.4, -0.2) is 0 Å². The first-order chi connectivity index (χ1) is 5.81. The van der Waals surface area contributed by atoms with Crippen molar-refractivity contribution in [3.8, 4) is 0 Å². The summed E-state index contributed by atoms with van der Waals surface area (Å²) in [4.78, 5) is 0. The SMILES string of the molecule is C=Cc1cc2c(cc1C)=CCC=2. The van der Waals surface area contributed by atoms with E-state index in [0.29, 0.717) is 0 Å². The molecule has 0 unspecified atom stereocenters. The summed E-state index contributed by atoms with van der Waals surface area (Å²) in [6, 6.07) is 4.44. The molecule has 1 aromatic carbocycles. The van der Waals surface area contributed by atoms with Gasteiger partial charge in [0.05, 0.1) is 0 Å². The molecule has 0 saturated heterocycles. The van der Waals surface area contributed by atoms with Crippen molar-refractivity contribution >= 4 is 18.2 Å². The highest BCUT2D eigenvalue weighted by molar-refractivity contribution is 5.56. The van der Waals surface area contributed by atoms with Crippen molar-refractivity contribution in [1.29, 1.82) is 0 Å². The van der Waals surface area contributed by atoms with Crippen molar-refractivity contribution in [3.63, 3.8) is 0 Å². The molecule has 12 heavy (non-hydrogen) atoms. The predicted molar refractivity (Wildman–Crippen MR) is 54.1 cm³/mol. The van der Waals surface area contributed by atoms with E-state index in [1.807, 2.05) is 6.08 Å². The van der Waals surface area contributed by atoms with Crippen LogP contribution in [0.1, 0.15) is 17.5 Å². The van der Waals surface area contributed by atoms with Crippen molar-refractivity contribution < 1.29 is 0 Å². The Labute approximate surface area is 72.5 Å². The molecule has 1 aliphatic carbocycles. The Morgan fingerprint density at radius 2 is 1.92 bits per heavy atom. The second-order valence-electron chi connectivity index (χ2n) is 3.19. The summed E-state index contributed by atoms with van der Waals surface area (Å²) >= 11 is 0. The average Bonchev–Trinajstić information content (AvgIpc) is 2.49. The van der Waals surface area contributed by atoms with Gasteiger partial charge >= 0.3 is 0 Å². The van der Waals surface area contributed by atoms with Crippen molar-refractivity contribution in [1.82, 2.24) is 0 Å². The van der Waals surface area contributed by atoms with Crippen LogP contribution in [0.2, 0.25) is 0 Å². The van der Waals surface area contributed by atoms with E-state index in [9.17, 15) is 0 Å². The third kappa shape index (κ3) is 1.00. The number of hydrogen-bond donors (Lipinski definition) is 0. The maximum Gasteiger partial charge on any atom is -0.0151 e. The molecule has 0 N–H and O–H groups in total. The van der Waals surface area contributed by atoms with Crippen LogP contribution in [0.4, 0.5) is 0 Å². The summed E-state index contributed by atoms with van der Waals surface area (Å²) in [6.45, 7) is 5.92. The van der Waals surface area contributed by atoms with Crippen LogP contribution in [0.3, 0.4) is 0 Å². The van der Waals surface area contributed by atoms with Crippen molar-refractivity contribution in [2.45, 2.75) is 13.3 Å². The lowest BCUT2D eigenvalue weighted by molar-refractivity contribution is 1.39. The largest absolute Gasteiger partial charge is 0.0985 e. The highest BCUT2D eigenvalue weighted by atomic mass is 14.0. The molecule has 0 amide bonds. The van der Waals surface area contributed by atoms with Crippen LogP contribution in [0.25, 0.3) is 18.2 Å². The van der Waals surface area contributed by atoms with E-state index in [2.05, 4.69) is 37.8 Å². The Morgan fingerprint density at radius 1 is 1.25 bits per heavy atom. The van der Waals surface area contributed by atoms with Gasteiger partial charge in [0, 0.05) is 0 Å². The lowest BCUT2D eigenvalue weighted by Gasteiger charge is -1.98. The van der Waals surface area contributed by atoms with Crippen molar-refractivity contribution in [2.75, 3.05) is 0 Å². The molecular formula is C12H12. The molecule has 60 valence electrons. The molecule has 0 nitrogen and oxygen atoms in total. The number of benzene rings is 1. The van der Waals surface area contributed by atoms with Gasteiger partial charge in [-0.05, 0) is 41.0 Å². The Bertz CT molecular complexity index is 436. The van der Waals surface area contributed by atoms with E-state index < -0.39 is 0 Å². The lowest BCUT2D eigenvalue weighted by atomic mass is 10.1. The van der Waals surface area contributed by atoms with Gasteiger partial charge in [0.1, 0.15) is 0 Å². The molecule has 1 aromatic rings. The summed E-state index contributed by atoms with van der Waals surface area (Å²) in [5.41, 5.74) is 2.57. The maximum atomic E-state index is 3.79. The minimum atomic E-state index is 1.08. The standard InChI is InChI=1S/C12H12/c1-3-10-8-12-6-4-5-11(12)7-9(10)2/h3,5-8H,1,4H2,2H3. The number of fused-ring (bicyclic) bond motifs is 1. The highest BCUT2D eigenvalue weighted by Gasteiger charge is 1.97. The summed E-state index contributed by atoms with van der Waals surface area (Å²) < 4.78 is 0. The fourth-order valence-electron chi connectivity index (χ4n) is 1.65. The van der Waals surface area contributed by atoms with Crippen LogP contribution >= 0.6 is 0 Å². The molecule has 1 aliphatic rings. The summed E-state index contributed by atoms with van der Waals surface area (Å²) in [7, 11) is 0. The van der Waals surface area contributed by atoms with Gasteiger partial charge in [0.25, 0.3) is 0 Å². The second kappa shape index (κ2) is 2.63. The van der Waals surface area contributed by atoms with Crippen LogP contribution in [0.5, 0.6) is 0 Å². The minimum absolute atomic E-state index is 1.08. The van der Waals surface area contributed by atoms with Crippen LogP contribution < -0.4 is 10.4 Å². The molecule has 0 saturated carbocycles. The highest BCUT2D eigenvalue weighted by Crippen LogP contribution is 2.04. The molecule has 0 aliphatic heterocycles. The summed E-state index contributed by atoms with van der Waals surface area (Å²) in [6.07, 6.45) is 7.51. The Balaban J connectivity index is 2.83. The van der Waals surface area contributed by atoms with Gasteiger partial charge in [-0.25, -0.2) is 0 Å². The summed E-state index contributed by atoms with van der Waals surface area (Å²) in [5, 5.41) is 2.73. The first kappa shape index (κ1) is 7.35. The zero-order chi connectivity index (χ0) is 8.55. The van der Waals surface area contributed by atoms with Gasteiger partial charge in [0.15, 0.2) is 0 Å². The van der Waals surface area contributed by atoms with Gasteiger partial charge < -0.3 is 0 Å². The number of aryl methyl sites for hydroxylation is 1. The molecule has 0 spiro atoms. The van der Waals surface area contributed by atoms with E-state index in [1.165, 1.54) is 21.6 Å². The molecular weight excluding hydrogens is 144 g/mol. The Hall–Kier alpha value is -1.30. The van der Waals surface area contributed by atoms with Crippen LogP contribution in [-0.2, 0) is 0 Å². The van der Waals surface area contributed by atoms with E-state index in [-0.39, 0.29) is 0 Å². The third-order valence-corrected chi connectivity index (χ3v) is 2.37. The van der Waals surface area contributed by atoms with E-state index in [0.717, 1.165) is 6.42 Å². The zero-order valence-electron chi connectivity index (χ0n) is 7.30. The topological polar surface area (TPSA) is 0 Å². The van der Waals surface area contributed by atoms with Crippen molar-refractivity contribution in [3.05, 3.63) is 40.3 Å². The fraction of sp³-hybridized carbons (Fsp3) is 0.167. The first-order valence-corrected chi connectivity index (χ1v) is 4.25. The molecule has 0 heteroatoms. The molecule has 0 bridgehead atoms. The minimum Gasteiger partial charge on any atom is -0.0985 e. The summed E-state index contributed by atoms with van der Waals surface area (Å²) in [5.74, 6) is 0. The number of hydrogen-bond acceptors (Lipinski definition) is 0. The van der Waals surface area contributed by atoms with Gasteiger partial charge in [0.2, 0.25) is 0 Å². The average molecular weight is 156 g/mol. The van der Waals surface area contributed by atoms with Crippen LogP contribution in [0.15, 0.2) is 18.7 Å². The predicted octanol–water partition coefficient (Wildman–Crippen LogP) is 1.60. The van der Waals surface area contributed by atoms with Crippen LogP contribution in [0, 0.1) is 6.92 Å². The molecule has 0 atom stereocenters. The van der Waals surface area contributed by atoms with Gasteiger partial charge in [-0.1, -0.05) is 30.9 Å². The van der Waals surface area contributed by atoms with Gasteiger partial charge in [-0.2, -0.15) is 0 Å². The van der Waals surface area contributed by atoms with Gasteiger partial charge in [-0.15, -0.1) is 0 Å². The maximum absolute atomic E-state index is 3.79. The third-order valence-electron chi connectivity index (χ3n) is 2.37. The normalized spacial score (nSPS) is 13.1. The Morgan fingerprint density at radius 3 is 2.58 bits per heavy atom. The quantitative estimate of drug-likeness (QED) is 0.579. The zero-order valence-corrected chi connectivity index (χ0v) is 7.30. The van der Waals surface area contributed by atoms with E-state index in [4.69, 9.17) is 0 Å². The Kier molecular flexibility index (Phi) is 1.61. The smallest absolute Gasteiger partial charge is 0.0151 e. The first-order valence-electron chi connectivity index (χ1n) is 4.25.